The fourth-order valence-corrected chi connectivity index (χ4v) is 5.23. The van der Waals surface area contributed by atoms with Crippen molar-refractivity contribution in [2.45, 2.75) is 19.4 Å². The second-order valence-electron chi connectivity index (χ2n) is 7.60. The number of hydrogen-bond acceptors (Lipinski definition) is 8. The van der Waals surface area contributed by atoms with Crippen molar-refractivity contribution in [3.63, 3.8) is 0 Å². The summed E-state index contributed by atoms with van der Waals surface area (Å²) in [5, 5.41) is 16.2. The van der Waals surface area contributed by atoms with E-state index in [4.69, 9.17) is 14.5 Å². The Kier molecular flexibility index (Phi) is 5.81. The van der Waals surface area contributed by atoms with Crippen LogP contribution < -0.4 is 9.47 Å². The highest BCUT2D eigenvalue weighted by molar-refractivity contribution is 7.25. The third-order valence-electron chi connectivity index (χ3n) is 5.65. The SMILES string of the molecule is COc1ccc(-c2c(C(=O)O)c(CCCn3cncn3)nc3sc4cnccc4c23)cc1OC. The van der Waals surface area contributed by atoms with E-state index in [1.54, 1.807) is 43.7 Å². The number of carboxylic acid groups (broad SMARTS) is 1. The van der Waals surface area contributed by atoms with Gasteiger partial charge in [0.05, 0.1) is 30.2 Å². The molecule has 0 radical (unpaired) electrons. The molecule has 0 atom stereocenters. The van der Waals surface area contributed by atoms with Gasteiger partial charge in [-0.2, -0.15) is 5.10 Å². The van der Waals surface area contributed by atoms with Gasteiger partial charge in [0.25, 0.3) is 0 Å². The molecule has 1 aromatic carbocycles. The van der Waals surface area contributed by atoms with Crippen LogP contribution in [-0.2, 0) is 13.0 Å². The number of ether oxygens (including phenoxy) is 2. The summed E-state index contributed by atoms with van der Waals surface area (Å²) in [4.78, 5) is 26.4. The van der Waals surface area contributed by atoms with Gasteiger partial charge in [0.15, 0.2) is 11.5 Å². The molecular weight excluding hydrogens is 454 g/mol. The van der Waals surface area contributed by atoms with Gasteiger partial charge in [0.2, 0.25) is 0 Å². The third kappa shape index (κ3) is 3.81. The first-order chi connectivity index (χ1) is 16.6. The summed E-state index contributed by atoms with van der Waals surface area (Å²) >= 11 is 1.50. The normalized spacial score (nSPS) is 11.2. The van der Waals surface area contributed by atoms with E-state index in [1.807, 2.05) is 18.2 Å². The van der Waals surface area contributed by atoms with Crippen molar-refractivity contribution in [2.75, 3.05) is 14.2 Å². The molecule has 0 amide bonds. The van der Waals surface area contributed by atoms with Gasteiger partial charge >= 0.3 is 5.97 Å². The maximum absolute atomic E-state index is 12.7. The number of aromatic nitrogens is 5. The second kappa shape index (κ2) is 9.06. The molecule has 0 aliphatic carbocycles. The smallest absolute Gasteiger partial charge is 0.338 e. The number of aryl methyl sites for hydroxylation is 2. The second-order valence-corrected chi connectivity index (χ2v) is 8.63. The Balaban J connectivity index is 1.75. The number of aromatic carboxylic acids is 1. The van der Waals surface area contributed by atoms with E-state index in [-0.39, 0.29) is 5.56 Å². The summed E-state index contributed by atoms with van der Waals surface area (Å²) < 4.78 is 13.6. The highest BCUT2D eigenvalue weighted by Gasteiger charge is 2.25. The van der Waals surface area contributed by atoms with Crippen LogP contribution in [0.1, 0.15) is 22.5 Å². The lowest BCUT2D eigenvalue weighted by Crippen LogP contribution is -2.10. The van der Waals surface area contributed by atoms with Crippen molar-refractivity contribution < 1.29 is 19.4 Å². The molecule has 0 aliphatic rings. The number of thiophene rings is 1. The van der Waals surface area contributed by atoms with Gasteiger partial charge < -0.3 is 14.6 Å². The molecule has 0 fully saturated rings. The Hall–Kier alpha value is -4.05. The van der Waals surface area contributed by atoms with Crippen LogP contribution in [0.15, 0.2) is 49.3 Å². The van der Waals surface area contributed by atoms with Gasteiger partial charge in [-0.3, -0.25) is 9.67 Å². The Morgan fingerprint density at radius 2 is 2.00 bits per heavy atom. The van der Waals surface area contributed by atoms with Gasteiger partial charge in [0.1, 0.15) is 17.5 Å². The highest BCUT2D eigenvalue weighted by Crippen LogP contribution is 2.43. The number of carbonyl (C=O) groups is 1. The van der Waals surface area contributed by atoms with Crippen molar-refractivity contribution in [3.8, 4) is 22.6 Å². The largest absolute Gasteiger partial charge is 0.493 e. The van der Waals surface area contributed by atoms with E-state index in [0.29, 0.717) is 42.1 Å². The average molecular weight is 476 g/mol. The summed E-state index contributed by atoms with van der Waals surface area (Å²) in [6.07, 6.45) is 7.75. The summed E-state index contributed by atoms with van der Waals surface area (Å²) in [6, 6.07) is 7.35. The number of benzene rings is 1. The van der Waals surface area contributed by atoms with Crippen LogP contribution in [0.3, 0.4) is 0 Å². The van der Waals surface area contributed by atoms with Gasteiger partial charge in [-0.1, -0.05) is 6.07 Å². The van der Waals surface area contributed by atoms with Crippen LogP contribution in [0, 0.1) is 0 Å². The summed E-state index contributed by atoms with van der Waals surface area (Å²) in [6.45, 7) is 0.612. The number of methoxy groups -OCH3 is 2. The van der Waals surface area contributed by atoms with E-state index in [0.717, 1.165) is 25.9 Å². The van der Waals surface area contributed by atoms with Crippen LogP contribution in [0.5, 0.6) is 11.5 Å². The molecule has 0 unspecified atom stereocenters. The van der Waals surface area contributed by atoms with Crippen molar-refractivity contribution >= 4 is 37.6 Å². The third-order valence-corrected chi connectivity index (χ3v) is 6.69. The van der Waals surface area contributed by atoms with Crippen LogP contribution in [0.4, 0.5) is 0 Å². The van der Waals surface area contributed by atoms with E-state index < -0.39 is 5.97 Å². The van der Waals surface area contributed by atoms with E-state index in [1.165, 1.54) is 17.7 Å². The predicted molar refractivity (Wildman–Crippen MR) is 129 cm³/mol. The number of hydrogen-bond donors (Lipinski definition) is 1. The van der Waals surface area contributed by atoms with E-state index >= 15 is 0 Å². The maximum atomic E-state index is 12.7. The molecule has 0 spiro atoms. The van der Waals surface area contributed by atoms with Crippen molar-refractivity contribution in [1.29, 1.82) is 0 Å². The first kappa shape index (κ1) is 21.8. The van der Waals surface area contributed by atoms with Crippen molar-refractivity contribution in [3.05, 3.63) is 60.6 Å². The Labute approximate surface area is 198 Å². The minimum absolute atomic E-state index is 0.190. The maximum Gasteiger partial charge on any atom is 0.338 e. The molecular formula is C24H21N5O4S. The van der Waals surface area contributed by atoms with Crippen LogP contribution in [0.2, 0.25) is 0 Å². The zero-order valence-corrected chi connectivity index (χ0v) is 19.4. The van der Waals surface area contributed by atoms with Gasteiger partial charge in [-0.25, -0.2) is 14.8 Å². The minimum atomic E-state index is -1.02. The zero-order valence-electron chi connectivity index (χ0n) is 18.6. The summed E-state index contributed by atoms with van der Waals surface area (Å²) in [5.41, 5.74) is 2.06. The molecule has 0 saturated carbocycles. The summed E-state index contributed by atoms with van der Waals surface area (Å²) in [5.74, 6) is 0.0689. The average Bonchev–Trinajstić information content (AvgIpc) is 3.50. The van der Waals surface area contributed by atoms with Gasteiger partial charge in [-0.05, 0) is 36.6 Å². The molecule has 0 bridgehead atoms. The molecule has 34 heavy (non-hydrogen) atoms. The number of carboxylic acids is 1. The van der Waals surface area contributed by atoms with Crippen molar-refractivity contribution in [1.82, 2.24) is 24.7 Å². The molecule has 10 heteroatoms. The zero-order chi connectivity index (χ0) is 23.7. The highest BCUT2D eigenvalue weighted by atomic mass is 32.1. The van der Waals surface area contributed by atoms with Crippen LogP contribution in [0.25, 0.3) is 31.4 Å². The number of rotatable bonds is 8. The topological polar surface area (TPSA) is 112 Å². The minimum Gasteiger partial charge on any atom is -0.493 e. The molecule has 5 aromatic rings. The molecule has 0 saturated heterocycles. The summed E-state index contributed by atoms with van der Waals surface area (Å²) in [7, 11) is 3.13. The fourth-order valence-electron chi connectivity index (χ4n) is 4.15. The fraction of sp³-hybridized carbons (Fsp3) is 0.208. The first-order valence-electron chi connectivity index (χ1n) is 10.6. The number of fused-ring (bicyclic) bond motifs is 3. The lowest BCUT2D eigenvalue weighted by atomic mass is 9.93. The molecule has 172 valence electrons. The molecule has 0 aliphatic heterocycles. The number of nitrogens with zero attached hydrogens (tertiary/aromatic N) is 5. The standard InChI is InChI=1S/C24H21N5O4S/c1-32-17-6-5-14(10-18(17)33-2)20-21-15-7-8-25-11-19(15)34-23(21)28-16(22(20)24(30)31)4-3-9-29-13-26-12-27-29/h5-8,10-13H,3-4,9H2,1-2H3,(H,30,31). The molecule has 4 heterocycles. The number of pyridine rings is 2. The van der Waals surface area contributed by atoms with Crippen LogP contribution in [-0.4, -0.2) is 50.0 Å². The Morgan fingerprint density at radius 3 is 2.74 bits per heavy atom. The van der Waals surface area contributed by atoms with Crippen molar-refractivity contribution in [2.24, 2.45) is 0 Å². The van der Waals surface area contributed by atoms with Gasteiger partial charge in [0, 0.05) is 35.3 Å². The molecule has 4 aromatic heterocycles. The molecule has 5 rings (SSSR count). The monoisotopic (exact) mass is 475 g/mol. The lowest BCUT2D eigenvalue weighted by molar-refractivity contribution is 0.0696. The Bertz CT molecular complexity index is 1500. The van der Waals surface area contributed by atoms with E-state index in [2.05, 4.69) is 15.1 Å². The lowest BCUT2D eigenvalue weighted by Gasteiger charge is -2.15. The quantitative estimate of drug-likeness (QED) is 0.350. The first-order valence-corrected chi connectivity index (χ1v) is 11.4. The van der Waals surface area contributed by atoms with Gasteiger partial charge in [-0.15, -0.1) is 11.3 Å². The predicted octanol–water partition coefficient (Wildman–Crippen LogP) is 4.45. The van der Waals surface area contributed by atoms with Crippen LogP contribution >= 0.6 is 11.3 Å². The molecule has 1 N–H and O–H groups in total. The molecule has 9 nitrogen and oxygen atoms in total. The Morgan fingerprint density at radius 1 is 1.15 bits per heavy atom. The van der Waals surface area contributed by atoms with E-state index in [9.17, 15) is 9.90 Å².